The summed E-state index contributed by atoms with van der Waals surface area (Å²) in [6, 6.07) is 14.3. The van der Waals surface area contributed by atoms with Crippen molar-refractivity contribution in [3.05, 3.63) is 76.5 Å². The predicted molar refractivity (Wildman–Crippen MR) is 120 cm³/mol. The highest BCUT2D eigenvalue weighted by molar-refractivity contribution is 7.98. The smallest absolute Gasteiger partial charge is 0.260 e. The summed E-state index contributed by atoms with van der Waals surface area (Å²) in [5.41, 5.74) is 4.28. The van der Waals surface area contributed by atoms with E-state index in [9.17, 15) is 14.4 Å². The van der Waals surface area contributed by atoms with E-state index in [0.29, 0.717) is 22.6 Å². The lowest BCUT2D eigenvalue weighted by Crippen LogP contribution is -2.50. The van der Waals surface area contributed by atoms with E-state index in [0.717, 1.165) is 28.3 Å². The van der Waals surface area contributed by atoms with Crippen molar-refractivity contribution in [2.45, 2.75) is 17.7 Å². The average molecular weight is 446 g/mol. The lowest BCUT2D eigenvalue weighted by molar-refractivity contribution is -0.117. The lowest BCUT2D eigenvalue weighted by atomic mass is 10.0. The second-order valence-corrected chi connectivity index (χ2v) is 9.01. The summed E-state index contributed by atoms with van der Waals surface area (Å²) in [5, 5.41) is 7.42. The van der Waals surface area contributed by atoms with Gasteiger partial charge in [-0.25, -0.2) is 0 Å². The minimum atomic E-state index is -0.653. The molecule has 0 saturated heterocycles. The topological polar surface area (TPSA) is 87.5 Å². The van der Waals surface area contributed by atoms with Gasteiger partial charge in [-0.2, -0.15) is 16.9 Å². The van der Waals surface area contributed by atoms with Crippen molar-refractivity contribution in [1.29, 1.82) is 0 Å². The number of aromatic nitrogens is 2. The van der Waals surface area contributed by atoms with Gasteiger partial charge in [0.25, 0.3) is 11.8 Å². The maximum absolute atomic E-state index is 13.5. The Morgan fingerprint density at radius 2 is 1.81 bits per heavy atom. The second-order valence-electron chi connectivity index (χ2n) is 8.02. The van der Waals surface area contributed by atoms with E-state index in [1.807, 2.05) is 18.2 Å². The fourth-order valence-corrected chi connectivity index (χ4v) is 5.79. The van der Waals surface area contributed by atoms with E-state index in [2.05, 4.69) is 10.4 Å². The van der Waals surface area contributed by atoms with Gasteiger partial charge in [0.05, 0.1) is 16.9 Å². The van der Waals surface area contributed by atoms with Crippen molar-refractivity contribution in [2.24, 2.45) is 7.05 Å². The lowest BCUT2D eigenvalue weighted by Gasteiger charge is -2.40. The molecule has 9 heteroatoms. The van der Waals surface area contributed by atoms with Gasteiger partial charge in [0.2, 0.25) is 5.91 Å². The van der Waals surface area contributed by atoms with Crippen molar-refractivity contribution in [2.75, 3.05) is 16.8 Å². The molecule has 0 fully saturated rings. The summed E-state index contributed by atoms with van der Waals surface area (Å²) in [7, 11) is 1.80. The van der Waals surface area contributed by atoms with Crippen molar-refractivity contribution in [3.63, 3.8) is 0 Å². The van der Waals surface area contributed by atoms with Gasteiger partial charge in [0, 0.05) is 35.2 Å². The quantitative estimate of drug-likeness (QED) is 0.670. The van der Waals surface area contributed by atoms with Gasteiger partial charge in [-0.15, -0.1) is 0 Å². The number of fused-ring (bicyclic) bond motifs is 6. The summed E-state index contributed by atoms with van der Waals surface area (Å²) in [6.07, 6.45) is -0.653. The van der Waals surface area contributed by atoms with Crippen LogP contribution in [0.25, 0.3) is 0 Å². The first-order valence-electron chi connectivity index (χ1n) is 10.3. The van der Waals surface area contributed by atoms with E-state index in [1.165, 1.54) is 4.90 Å². The van der Waals surface area contributed by atoms with Gasteiger partial charge >= 0.3 is 0 Å². The molecule has 3 aliphatic heterocycles. The molecule has 0 bridgehead atoms. The van der Waals surface area contributed by atoms with Crippen LogP contribution in [0.2, 0.25) is 0 Å². The van der Waals surface area contributed by atoms with Crippen LogP contribution in [0, 0.1) is 0 Å². The van der Waals surface area contributed by atoms with E-state index < -0.39 is 6.17 Å². The largest absolute Gasteiger partial charge is 0.309 e. The van der Waals surface area contributed by atoms with Gasteiger partial charge in [0.1, 0.15) is 18.5 Å². The third-order valence-corrected chi connectivity index (χ3v) is 7.14. The highest BCUT2D eigenvalue weighted by Gasteiger charge is 2.48. The zero-order valence-corrected chi connectivity index (χ0v) is 18.1. The van der Waals surface area contributed by atoms with E-state index in [4.69, 9.17) is 0 Å². The third-order valence-electron chi connectivity index (χ3n) is 6.17. The first-order chi connectivity index (χ1) is 15.5. The molecule has 2 aromatic carbocycles. The summed E-state index contributed by atoms with van der Waals surface area (Å²) < 4.78 is 1.68. The molecular weight excluding hydrogens is 426 g/mol. The van der Waals surface area contributed by atoms with Crippen LogP contribution < -0.4 is 10.2 Å². The number of hydrogen-bond donors (Lipinski definition) is 1. The number of benzene rings is 2. The first-order valence-corrected chi connectivity index (χ1v) is 11.4. The van der Waals surface area contributed by atoms with Crippen molar-refractivity contribution in [1.82, 2.24) is 14.7 Å². The highest BCUT2D eigenvalue weighted by Crippen LogP contribution is 2.45. The normalized spacial score (nSPS) is 18.3. The predicted octanol–water partition coefficient (Wildman–Crippen LogP) is 2.92. The number of carbonyl (C=O) groups is 3. The van der Waals surface area contributed by atoms with Gasteiger partial charge in [-0.3, -0.25) is 24.0 Å². The molecule has 1 atom stereocenters. The molecule has 0 aliphatic carbocycles. The van der Waals surface area contributed by atoms with Crippen LogP contribution in [0.3, 0.4) is 0 Å². The number of nitrogens with one attached hydrogen (secondary N) is 1. The standard InChI is InChI=1S/C23H19N5O3S/c1-26-20(16-11-32-12-17(16)25-26)24-19(29)10-27-21-13-6-2-3-7-14(13)23(31)28(21)18-9-5-4-8-15(18)22(27)30/h2-9,21H,10-12H2,1H3,(H,24,29)/t21-/m0/s1. The Hall–Kier alpha value is -3.59. The number of thioether (sulfide) groups is 1. The van der Waals surface area contributed by atoms with Crippen LogP contribution >= 0.6 is 11.8 Å². The van der Waals surface area contributed by atoms with Gasteiger partial charge < -0.3 is 10.2 Å². The molecule has 0 unspecified atom stereocenters. The molecule has 160 valence electrons. The molecule has 3 amide bonds. The molecule has 1 N–H and O–H groups in total. The molecule has 32 heavy (non-hydrogen) atoms. The molecular formula is C23H19N5O3S. The molecule has 6 rings (SSSR count). The maximum atomic E-state index is 13.5. The summed E-state index contributed by atoms with van der Waals surface area (Å²) in [5.74, 6) is 1.53. The zero-order valence-electron chi connectivity index (χ0n) is 17.2. The minimum Gasteiger partial charge on any atom is -0.309 e. The van der Waals surface area contributed by atoms with Crippen LogP contribution in [0.15, 0.2) is 48.5 Å². The molecule has 4 heterocycles. The third kappa shape index (κ3) is 2.64. The Labute approximate surface area is 188 Å². The maximum Gasteiger partial charge on any atom is 0.260 e. The van der Waals surface area contributed by atoms with E-state index >= 15 is 0 Å². The molecule has 0 radical (unpaired) electrons. The van der Waals surface area contributed by atoms with Crippen LogP contribution in [0.1, 0.15) is 43.7 Å². The molecule has 3 aliphatic rings. The second kappa shape index (κ2) is 6.96. The molecule has 8 nitrogen and oxygen atoms in total. The van der Waals surface area contributed by atoms with Crippen LogP contribution in [0.5, 0.6) is 0 Å². The Kier molecular flexibility index (Phi) is 4.16. The number of amides is 3. The highest BCUT2D eigenvalue weighted by atomic mass is 32.2. The average Bonchev–Trinajstić information content (AvgIpc) is 3.45. The number of para-hydroxylation sites is 1. The first kappa shape index (κ1) is 19.1. The molecule has 0 saturated carbocycles. The number of anilines is 2. The van der Waals surface area contributed by atoms with Gasteiger partial charge in [-0.1, -0.05) is 30.3 Å². The van der Waals surface area contributed by atoms with Crippen LogP contribution in [-0.4, -0.2) is 38.9 Å². The summed E-state index contributed by atoms with van der Waals surface area (Å²) in [6.45, 7) is -0.178. The number of carbonyl (C=O) groups excluding carboxylic acids is 3. The molecule has 3 aromatic rings. The van der Waals surface area contributed by atoms with Gasteiger partial charge in [0.15, 0.2) is 0 Å². The van der Waals surface area contributed by atoms with Crippen molar-refractivity contribution in [3.8, 4) is 0 Å². The molecule has 0 spiro atoms. The van der Waals surface area contributed by atoms with Crippen LogP contribution in [0.4, 0.5) is 11.5 Å². The van der Waals surface area contributed by atoms with Crippen LogP contribution in [-0.2, 0) is 23.3 Å². The van der Waals surface area contributed by atoms with Crippen molar-refractivity contribution >= 4 is 41.0 Å². The van der Waals surface area contributed by atoms with Gasteiger partial charge in [-0.05, 0) is 18.2 Å². The minimum absolute atomic E-state index is 0.169. The monoisotopic (exact) mass is 445 g/mol. The zero-order chi connectivity index (χ0) is 22.0. The Bertz CT molecular complexity index is 1320. The fourth-order valence-electron chi connectivity index (χ4n) is 4.76. The number of nitrogens with zero attached hydrogens (tertiary/aromatic N) is 4. The number of rotatable bonds is 3. The Morgan fingerprint density at radius 1 is 1.06 bits per heavy atom. The summed E-state index contributed by atoms with van der Waals surface area (Å²) >= 11 is 1.76. The molecule has 1 aromatic heterocycles. The Morgan fingerprint density at radius 3 is 2.66 bits per heavy atom. The number of aryl methyl sites for hydroxylation is 1. The van der Waals surface area contributed by atoms with E-state index in [1.54, 1.807) is 58.7 Å². The number of hydrogen-bond acceptors (Lipinski definition) is 5. The van der Waals surface area contributed by atoms with E-state index in [-0.39, 0.29) is 24.3 Å². The van der Waals surface area contributed by atoms with Crippen molar-refractivity contribution < 1.29 is 14.4 Å². The summed E-state index contributed by atoms with van der Waals surface area (Å²) in [4.78, 5) is 42.9. The Balaban J connectivity index is 1.37. The fraction of sp³-hybridized carbons (Fsp3) is 0.217. The SMILES string of the molecule is Cn1nc2c(c1NC(=O)CN1C(=O)c3ccccc3N3C(=O)c4ccccc4[C@@H]13)CSC2.